The summed E-state index contributed by atoms with van der Waals surface area (Å²) in [7, 11) is -1.75. The quantitative estimate of drug-likeness (QED) is 0.452. The molecular weight excluding hydrogens is 425 g/mol. The van der Waals surface area contributed by atoms with Gasteiger partial charge in [-0.1, -0.05) is 25.4 Å². The van der Waals surface area contributed by atoms with E-state index in [4.69, 9.17) is 11.6 Å². The van der Waals surface area contributed by atoms with Crippen LogP contribution < -0.4 is 15.5 Å². The van der Waals surface area contributed by atoms with E-state index in [0.29, 0.717) is 12.8 Å². The Kier molecular flexibility index (Phi) is 8.01. The molecule has 1 saturated heterocycles. The van der Waals surface area contributed by atoms with Crippen molar-refractivity contribution in [3.05, 3.63) is 28.8 Å². The van der Waals surface area contributed by atoms with Crippen molar-refractivity contribution in [2.45, 2.75) is 44.8 Å². The zero-order valence-corrected chi connectivity index (χ0v) is 17.3. The molecule has 2 atom stereocenters. The molecule has 1 aliphatic rings. The number of nitrogens with zero attached hydrogens (tertiary/aromatic N) is 1. The van der Waals surface area contributed by atoms with Crippen molar-refractivity contribution in [2.75, 3.05) is 18.0 Å². The smallest absolute Gasteiger partial charge is 0.426 e. The topological polar surface area (TPSA) is 102 Å². The van der Waals surface area contributed by atoms with E-state index < -0.39 is 49.2 Å². The number of amides is 2. The van der Waals surface area contributed by atoms with Crippen molar-refractivity contribution in [1.29, 1.82) is 0 Å². The molecule has 2 rings (SSSR count). The second-order valence-electron chi connectivity index (χ2n) is 7.59. The summed E-state index contributed by atoms with van der Waals surface area (Å²) in [6, 6.07) is 2.50. The molecule has 166 valence electrons. The third-order valence-corrected chi connectivity index (χ3v) is 4.99. The minimum Gasteiger partial charge on any atom is -0.426 e. The Hall–Kier alpha value is -1.98. The predicted molar refractivity (Wildman–Crippen MR) is 107 cm³/mol. The molecule has 1 heterocycles. The predicted octanol–water partition coefficient (Wildman–Crippen LogP) is 1.60. The molecule has 0 unspecified atom stereocenters. The van der Waals surface area contributed by atoms with Crippen molar-refractivity contribution in [2.24, 2.45) is 5.92 Å². The number of carbonyl (C=O) groups is 2. The summed E-state index contributed by atoms with van der Waals surface area (Å²) in [4.78, 5) is 25.7. The number of halogens is 4. The van der Waals surface area contributed by atoms with Crippen LogP contribution in [0.4, 0.5) is 18.9 Å². The molecule has 0 spiro atoms. The van der Waals surface area contributed by atoms with E-state index >= 15 is 0 Å². The maximum absolute atomic E-state index is 13.3. The number of hydrogen-bond acceptors (Lipinski definition) is 5. The Morgan fingerprint density at radius 3 is 2.50 bits per heavy atom. The zero-order chi connectivity index (χ0) is 22.6. The van der Waals surface area contributed by atoms with Gasteiger partial charge in [-0.25, -0.2) is 0 Å². The van der Waals surface area contributed by atoms with E-state index in [1.54, 1.807) is 0 Å². The van der Waals surface area contributed by atoms with E-state index in [1.807, 2.05) is 13.8 Å². The number of carbonyl (C=O) groups excluding carboxylic acids is 2. The molecule has 7 nitrogen and oxygen atoms in total. The number of nitrogens with one attached hydrogen (secondary N) is 2. The summed E-state index contributed by atoms with van der Waals surface area (Å²) in [6.45, 7) is 3.51. The van der Waals surface area contributed by atoms with E-state index in [1.165, 1.54) is 17.0 Å². The highest BCUT2D eigenvalue weighted by molar-refractivity contribution is 6.43. The molecule has 0 bridgehead atoms. The average molecular weight is 450 g/mol. The normalized spacial score (nSPS) is 17.4. The molecule has 0 aromatic heterocycles. The summed E-state index contributed by atoms with van der Waals surface area (Å²) in [5.74, 6) is -2.02. The second-order valence-corrected chi connectivity index (χ2v) is 8.03. The van der Waals surface area contributed by atoms with Gasteiger partial charge >= 0.3 is 13.3 Å². The summed E-state index contributed by atoms with van der Waals surface area (Å²) in [6.07, 6.45) is -3.98. The van der Waals surface area contributed by atoms with E-state index in [9.17, 15) is 32.8 Å². The van der Waals surface area contributed by atoms with Crippen LogP contribution in [-0.4, -0.2) is 54.1 Å². The summed E-state index contributed by atoms with van der Waals surface area (Å²) < 4.78 is 40.0. The Morgan fingerprint density at radius 2 is 2.00 bits per heavy atom. The lowest BCUT2D eigenvalue weighted by atomic mass is 9.75. The molecule has 1 aromatic rings. The average Bonchev–Trinajstić information content (AvgIpc) is 2.58. The fraction of sp³-hybridized carbons (Fsp3) is 0.556. The SMILES string of the molecule is CC(C)C[C@H](NC(=O)CNC(=O)[C@@H]1CCN1c1ccc(Cl)cc1C(F)(F)F)B(O)O. The van der Waals surface area contributed by atoms with Crippen LogP contribution in [0.3, 0.4) is 0 Å². The van der Waals surface area contributed by atoms with Crippen LogP contribution in [0.15, 0.2) is 18.2 Å². The number of alkyl halides is 3. The first-order chi connectivity index (χ1) is 13.9. The Labute approximate surface area is 177 Å². The molecule has 12 heteroatoms. The summed E-state index contributed by atoms with van der Waals surface area (Å²) in [5, 5.41) is 23.4. The van der Waals surface area contributed by atoms with Crippen LogP contribution in [0.5, 0.6) is 0 Å². The van der Waals surface area contributed by atoms with Gasteiger partial charge in [-0.2, -0.15) is 13.2 Å². The van der Waals surface area contributed by atoms with Crippen molar-refractivity contribution < 1.29 is 32.8 Å². The van der Waals surface area contributed by atoms with Crippen LogP contribution in [0.1, 0.15) is 32.3 Å². The Morgan fingerprint density at radius 1 is 1.33 bits per heavy atom. The van der Waals surface area contributed by atoms with E-state index in [2.05, 4.69) is 10.6 Å². The molecule has 1 aromatic carbocycles. The van der Waals surface area contributed by atoms with Crippen LogP contribution in [-0.2, 0) is 15.8 Å². The van der Waals surface area contributed by atoms with Crippen LogP contribution >= 0.6 is 11.6 Å². The highest BCUT2D eigenvalue weighted by Crippen LogP contribution is 2.40. The van der Waals surface area contributed by atoms with Gasteiger partial charge < -0.3 is 25.6 Å². The van der Waals surface area contributed by atoms with Gasteiger partial charge in [0.15, 0.2) is 0 Å². The van der Waals surface area contributed by atoms with Gasteiger partial charge in [0.25, 0.3) is 0 Å². The molecule has 1 fully saturated rings. The summed E-state index contributed by atoms with van der Waals surface area (Å²) >= 11 is 5.69. The lowest BCUT2D eigenvalue weighted by Gasteiger charge is -2.42. The van der Waals surface area contributed by atoms with Crippen molar-refractivity contribution in [1.82, 2.24) is 10.6 Å². The second kappa shape index (κ2) is 9.89. The van der Waals surface area contributed by atoms with Crippen LogP contribution in [0, 0.1) is 5.92 Å². The monoisotopic (exact) mass is 449 g/mol. The van der Waals surface area contributed by atoms with Gasteiger partial charge in [-0.05, 0) is 37.0 Å². The van der Waals surface area contributed by atoms with Crippen molar-refractivity contribution >= 4 is 36.2 Å². The largest absolute Gasteiger partial charge is 0.475 e. The Bertz CT molecular complexity index is 780. The number of benzene rings is 1. The summed E-state index contributed by atoms with van der Waals surface area (Å²) in [5.41, 5.74) is -1.08. The molecule has 0 saturated carbocycles. The van der Waals surface area contributed by atoms with Crippen molar-refractivity contribution in [3.63, 3.8) is 0 Å². The highest BCUT2D eigenvalue weighted by atomic mass is 35.5. The zero-order valence-electron chi connectivity index (χ0n) is 16.5. The first-order valence-electron chi connectivity index (χ1n) is 9.46. The van der Waals surface area contributed by atoms with Gasteiger partial charge in [0.2, 0.25) is 11.8 Å². The third-order valence-electron chi connectivity index (χ3n) is 4.75. The molecule has 1 aliphatic heterocycles. The molecule has 2 amide bonds. The van der Waals surface area contributed by atoms with E-state index in [-0.39, 0.29) is 23.2 Å². The van der Waals surface area contributed by atoms with Gasteiger partial charge in [0, 0.05) is 17.3 Å². The van der Waals surface area contributed by atoms with Crippen molar-refractivity contribution in [3.8, 4) is 0 Å². The first-order valence-corrected chi connectivity index (χ1v) is 9.84. The first kappa shape index (κ1) is 24.3. The molecule has 4 N–H and O–H groups in total. The fourth-order valence-corrected chi connectivity index (χ4v) is 3.41. The maximum atomic E-state index is 13.3. The van der Waals surface area contributed by atoms with Gasteiger partial charge in [-0.3, -0.25) is 9.59 Å². The van der Waals surface area contributed by atoms with Crippen LogP contribution in [0.25, 0.3) is 0 Å². The minimum atomic E-state index is -4.63. The minimum absolute atomic E-state index is 0.0636. The number of anilines is 1. The van der Waals surface area contributed by atoms with Crippen LogP contribution in [0.2, 0.25) is 5.02 Å². The van der Waals surface area contributed by atoms with Gasteiger partial charge in [-0.15, -0.1) is 0 Å². The third kappa shape index (κ3) is 6.26. The maximum Gasteiger partial charge on any atom is 0.475 e. The molecule has 0 radical (unpaired) electrons. The van der Waals surface area contributed by atoms with E-state index in [0.717, 1.165) is 6.07 Å². The number of rotatable bonds is 8. The number of hydrogen-bond donors (Lipinski definition) is 4. The van der Waals surface area contributed by atoms with Gasteiger partial charge in [0.1, 0.15) is 6.04 Å². The molecular formula is C18H24BClF3N3O4. The standard InChI is InChI=1S/C18H24BClF3N3O4/c1-10(2)7-15(19(29)30)25-16(27)9-24-17(28)14-5-6-26(14)13-4-3-11(20)8-12(13)18(21,22)23/h3-4,8,10,14-15,29-30H,5-7,9H2,1-2H3,(H,24,28)(H,25,27)/t14-,15-/m0/s1. The molecule has 30 heavy (non-hydrogen) atoms. The van der Waals surface area contributed by atoms with Gasteiger partial charge in [0.05, 0.1) is 18.0 Å². The highest BCUT2D eigenvalue weighted by Gasteiger charge is 2.41. The lowest BCUT2D eigenvalue weighted by Crippen LogP contribution is -2.58. The lowest BCUT2D eigenvalue weighted by molar-refractivity contribution is -0.137. The Balaban J connectivity index is 1.98. The fourth-order valence-electron chi connectivity index (χ4n) is 3.24. The molecule has 0 aliphatic carbocycles.